The van der Waals surface area contributed by atoms with Crippen LogP contribution in [0.25, 0.3) is 11.3 Å². The van der Waals surface area contributed by atoms with Gasteiger partial charge in [0.15, 0.2) is 5.13 Å². The maximum absolute atomic E-state index is 11.2. The van der Waals surface area contributed by atoms with Gasteiger partial charge < -0.3 is 14.7 Å². The Labute approximate surface area is 145 Å². The van der Waals surface area contributed by atoms with Gasteiger partial charge in [0.25, 0.3) is 0 Å². The van der Waals surface area contributed by atoms with Crippen molar-refractivity contribution in [1.29, 1.82) is 0 Å². The van der Waals surface area contributed by atoms with Gasteiger partial charge in [0.1, 0.15) is 5.75 Å². The van der Waals surface area contributed by atoms with Crippen LogP contribution in [0, 0.1) is 0 Å². The smallest absolute Gasteiger partial charge is 0.308 e. The Morgan fingerprint density at radius 1 is 1.25 bits per heavy atom. The van der Waals surface area contributed by atoms with Crippen molar-refractivity contribution in [2.75, 3.05) is 24.6 Å². The van der Waals surface area contributed by atoms with Crippen molar-refractivity contribution in [1.82, 2.24) is 4.98 Å². The van der Waals surface area contributed by atoms with Crippen molar-refractivity contribution in [3.63, 3.8) is 0 Å². The first-order valence-corrected chi connectivity index (χ1v) is 9.18. The number of benzene rings is 1. The molecule has 1 aromatic carbocycles. The third-order valence-electron chi connectivity index (χ3n) is 4.06. The lowest BCUT2D eigenvalue weighted by Gasteiger charge is -2.25. The number of aromatic nitrogens is 1. The highest BCUT2D eigenvalue weighted by Crippen LogP contribution is 2.35. The predicted octanol–water partition coefficient (Wildman–Crippen LogP) is 3.83. The minimum absolute atomic E-state index is 0.00799. The Morgan fingerprint density at radius 2 is 1.96 bits per heavy atom. The summed E-state index contributed by atoms with van der Waals surface area (Å²) < 4.78 is 5.47. The molecule has 1 N–H and O–H groups in total. The number of ether oxygens (including phenoxy) is 1. The van der Waals surface area contributed by atoms with Crippen LogP contribution in [0.5, 0.6) is 5.75 Å². The number of carboxylic acids is 1. The van der Waals surface area contributed by atoms with Gasteiger partial charge >= 0.3 is 5.97 Å². The Hall–Kier alpha value is -2.08. The molecule has 0 unspecified atom stereocenters. The second-order valence-electron chi connectivity index (χ2n) is 5.84. The van der Waals surface area contributed by atoms with Crippen LogP contribution < -0.4 is 9.64 Å². The topological polar surface area (TPSA) is 62.7 Å². The van der Waals surface area contributed by atoms with Crippen LogP contribution in [0.4, 0.5) is 5.13 Å². The molecule has 0 spiro atoms. The van der Waals surface area contributed by atoms with Crippen molar-refractivity contribution in [3.05, 3.63) is 29.1 Å². The van der Waals surface area contributed by atoms with Crippen molar-refractivity contribution in [3.8, 4) is 17.0 Å². The summed E-state index contributed by atoms with van der Waals surface area (Å²) in [6.07, 6.45) is 3.61. The number of carboxylic acid groups (broad SMARTS) is 1. The molecule has 3 rings (SSSR count). The number of aliphatic carboxylic acids is 1. The van der Waals surface area contributed by atoms with E-state index >= 15 is 0 Å². The van der Waals surface area contributed by atoms with Crippen LogP contribution in [0.3, 0.4) is 0 Å². The van der Waals surface area contributed by atoms with Crippen LogP contribution in [0.15, 0.2) is 24.3 Å². The fourth-order valence-electron chi connectivity index (χ4n) is 2.92. The number of thiazole rings is 1. The number of hydrogen-bond acceptors (Lipinski definition) is 5. The summed E-state index contributed by atoms with van der Waals surface area (Å²) in [4.78, 5) is 19.1. The first-order valence-electron chi connectivity index (χ1n) is 8.37. The fraction of sp³-hybridized carbons (Fsp3) is 0.444. The lowest BCUT2D eigenvalue weighted by molar-refractivity contribution is -0.136. The summed E-state index contributed by atoms with van der Waals surface area (Å²) in [6, 6.07) is 7.71. The van der Waals surface area contributed by atoms with Crippen molar-refractivity contribution in [2.45, 2.75) is 32.6 Å². The van der Waals surface area contributed by atoms with Crippen LogP contribution in [0.2, 0.25) is 0 Å². The average Bonchev–Trinajstić information content (AvgIpc) is 3.00. The zero-order valence-electron chi connectivity index (χ0n) is 13.8. The van der Waals surface area contributed by atoms with E-state index in [4.69, 9.17) is 9.72 Å². The minimum Gasteiger partial charge on any atom is -0.494 e. The van der Waals surface area contributed by atoms with E-state index in [2.05, 4.69) is 4.90 Å². The fourth-order valence-corrected chi connectivity index (χ4v) is 4.04. The molecule has 6 heteroatoms. The molecule has 0 radical (unpaired) electrons. The van der Waals surface area contributed by atoms with Crippen molar-refractivity contribution in [2.24, 2.45) is 0 Å². The van der Waals surface area contributed by atoms with E-state index in [-0.39, 0.29) is 6.42 Å². The van der Waals surface area contributed by atoms with E-state index in [0.29, 0.717) is 6.61 Å². The molecule has 1 fully saturated rings. The Bertz CT molecular complexity index is 691. The monoisotopic (exact) mass is 346 g/mol. The Balaban J connectivity index is 1.91. The molecule has 5 nitrogen and oxygen atoms in total. The quantitative estimate of drug-likeness (QED) is 0.861. The summed E-state index contributed by atoms with van der Waals surface area (Å²) >= 11 is 1.51. The molecule has 2 aromatic rings. The number of carbonyl (C=O) groups is 1. The summed E-state index contributed by atoms with van der Waals surface area (Å²) in [5.74, 6) is -0.0106. The van der Waals surface area contributed by atoms with Gasteiger partial charge in [-0.3, -0.25) is 4.79 Å². The van der Waals surface area contributed by atoms with E-state index < -0.39 is 5.97 Å². The lowest BCUT2D eigenvalue weighted by atomic mass is 10.1. The highest BCUT2D eigenvalue weighted by molar-refractivity contribution is 7.16. The van der Waals surface area contributed by atoms with E-state index in [1.807, 2.05) is 31.2 Å². The number of anilines is 1. The van der Waals surface area contributed by atoms with Crippen LogP contribution in [0.1, 0.15) is 31.1 Å². The van der Waals surface area contributed by atoms with Gasteiger partial charge in [-0.15, -0.1) is 11.3 Å². The number of piperidine rings is 1. The first-order chi connectivity index (χ1) is 11.7. The molecule has 1 aromatic heterocycles. The van der Waals surface area contributed by atoms with Gasteiger partial charge in [0.05, 0.1) is 18.7 Å². The molecule has 2 heterocycles. The Morgan fingerprint density at radius 3 is 2.58 bits per heavy atom. The molecule has 0 bridgehead atoms. The highest BCUT2D eigenvalue weighted by Gasteiger charge is 2.20. The lowest BCUT2D eigenvalue weighted by Crippen LogP contribution is -2.29. The largest absolute Gasteiger partial charge is 0.494 e. The van der Waals surface area contributed by atoms with Gasteiger partial charge in [0, 0.05) is 23.5 Å². The van der Waals surface area contributed by atoms with E-state index in [9.17, 15) is 9.90 Å². The third kappa shape index (κ3) is 3.87. The maximum Gasteiger partial charge on any atom is 0.308 e. The standard InChI is InChI=1S/C18H22N2O3S/c1-2-23-14-8-6-13(7-9-14)17-15(12-16(21)22)24-18(19-17)20-10-4-3-5-11-20/h6-9H,2-5,10-12H2,1H3,(H,21,22). The van der Waals surface area contributed by atoms with Crippen molar-refractivity contribution >= 4 is 22.4 Å². The zero-order valence-corrected chi connectivity index (χ0v) is 14.6. The summed E-state index contributed by atoms with van der Waals surface area (Å²) in [5.41, 5.74) is 1.72. The van der Waals surface area contributed by atoms with Gasteiger partial charge in [0.2, 0.25) is 0 Å². The van der Waals surface area contributed by atoms with Crippen LogP contribution >= 0.6 is 11.3 Å². The first kappa shape index (κ1) is 16.8. The summed E-state index contributed by atoms with van der Waals surface area (Å²) in [6.45, 7) is 4.58. The summed E-state index contributed by atoms with van der Waals surface area (Å²) in [7, 11) is 0. The van der Waals surface area contributed by atoms with Gasteiger partial charge in [-0.05, 0) is 50.5 Å². The normalized spacial score (nSPS) is 14.6. The molecule has 0 aliphatic carbocycles. The number of rotatable bonds is 6. The minimum atomic E-state index is -0.823. The maximum atomic E-state index is 11.2. The number of hydrogen-bond donors (Lipinski definition) is 1. The van der Waals surface area contributed by atoms with Gasteiger partial charge in [-0.25, -0.2) is 4.98 Å². The molecule has 0 saturated carbocycles. The number of nitrogens with zero attached hydrogens (tertiary/aromatic N) is 2. The molecule has 0 amide bonds. The third-order valence-corrected chi connectivity index (χ3v) is 5.18. The molecule has 1 aliphatic heterocycles. The summed E-state index contributed by atoms with van der Waals surface area (Å²) in [5, 5.41) is 10.2. The van der Waals surface area contributed by atoms with E-state index in [1.165, 1.54) is 30.6 Å². The van der Waals surface area contributed by atoms with Gasteiger partial charge in [-0.2, -0.15) is 0 Å². The predicted molar refractivity (Wildman–Crippen MR) is 96.1 cm³/mol. The molecule has 0 atom stereocenters. The van der Waals surface area contributed by atoms with Gasteiger partial charge in [-0.1, -0.05) is 0 Å². The van der Waals surface area contributed by atoms with E-state index in [0.717, 1.165) is 40.1 Å². The molecule has 1 saturated heterocycles. The van der Waals surface area contributed by atoms with Crippen molar-refractivity contribution < 1.29 is 14.6 Å². The second kappa shape index (κ2) is 7.66. The van der Waals surface area contributed by atoms with Crippen LogP contribution in [-0.2, 0) is 11.2 Å². The SMILES string of the molecule is CCOc1ccc(-c2nc(N3CCCCC3)sc2CC(=O)O)cc1. The molecular weight excluding hydrogens is 324 g/mol. The molecule has 1 aliphatic rings. The second-order valence-corrected chi connectivity index (χ2v) is 6.91. The Kier molecular flexibility index (Phi) is 5.35. The zero-order chi connectivity index (χ0) is 16.9. The van der Waals surface area contributed by atoms with Crippen LogP contribution in [-0.4, -0.2) is 35.8 Å². The van der Waals surface area contributed by atoms with E-state index in [1.54, 1.807) is 0 Å². The molecular formula is C18H22N2O3S. The molecule has 24 heavy (non-hydrogen) atoms. The average molecular weight is 346 g/mol. The molecule has 128 valence electrons. The highest BCUT2D eigenvalue weighted by atomic mass is 32.1.